The van der Waals surface area contributed by atoms with E-state index in [4.69, 9.17) is 5.73 Å². The van der Waals surface area contributed by atoms with Crippen molar-refractivity contribution in [1.82, 2.24) is 9.97 Å². The van der Waals surface area contributed by atoms with E-state index in [2.05, 4.69) is 22.2 Å². The van der Waals surface area contributed by atoms with E-state index in [-0.39, 0.29) is 0 Å². The molecule has 1 fully saturated rings. The third kappa shape index (κ3) is 1.88. The van der Waals surface area contributed by atoms with Crippen LogP contribution in [-0.4, -0.2) is 16.0 Å². The number of nitrogens with two attached hydrogens (primary N) is 1. The second-order valence-electron chi connectivity index (χ2n) is 3.60. The number of hydrogen-bond donors (Lipinski definition) is 2. The average molecular weight is 178 g/mol. The van der Waals surface area contributed by atoms with Gasteiger partial charge in [-0.1, -0.05) is 0 Å². The van der Waals surface area contributed by atoms with E-state index in [1.807, 2.05) is 0 Å². The Labute approximate surface area is 77.6 Å². The summed E-state index contributed by atoms with van der Waals surface area (Å²) in [6.45, 7) is 2.17. The van der Waals surface area contributed by atoms with Gasteiger partial charge in [-0.25, -0.2) is 9.97 Å². The quantitative estimate of drug-likeness (QED) is 0.731. The molecule has 3 N–H and O–H groups in total. The Kier molecular flexibility index (Phi) is 2.04. The zero-order valence-electron chi connectivity index (χ0n) is 7.70. The van der Waals surface area contributed by atoms with Gasteiger partial charge in [0.1, 0.15) is 6.33 Å². The van der Waals surface area contributed by atoms with E-state index < -0.39 is 0 Å². The maximum atomic E-state index is 5.70. The smallest absolute Gasteiger partial charge is 0.152 e. The lowest BCUT2D eigenvalue weighted by Gasteiger charge is -2.14. The SMILES string of the molecule is CC(Nc1ncncc1N)C1CC1. The van der Waals surface area contributed by atoms with Crippen molar-refractivity contribution in [3.8, 4) is 0 Å². The van der Waals surface area contributed by atoms with Gasteiger partial charge >= 0.3 is 0 Å². The Morgan fingerprint density at radius 2 is 2.38 bits per heavy atom. The lowest BCUT2D eigenvalue weighted by Crippen LogP contribution is -2.19. The van der Waals surface area contributed by atoms with Crippen LogP contribution < -0.4 is 11.1 Å². The van der Waals surface area contributed by atoms with Crippen LogP contribution in [0.1, 0.15) is 19.8 Å². The fourth-order valence-electron chi connectivity index (χ4n) is 1.39. The Bertz CT molecular complexity index is 295. The minimum Gasteiger partial charge on any atom is -0.394 e. The molecule has 0 spiro atoms. The standard InChI is InChI=1S/C9H14N4/c1-6(7-2-3-7)13-9-8(10)4-11-5-12-9/h4-7H,2-3,10H2,1H3,(H,11,12,13). The fourth-order valence-corrected chi connectivity index (χ4v) is 1.39. The zero-order chi connectivity index (χ0) is 9.26. The summed E-state index contributed by atoms with van der Waals surface area (Å²) < 4.78 is 0. The van der Waals surface area contributed by atoms with E-state index in [1.54, 1.807) is 6.20 Å². The van der Waals surface area contributed by atoms with Crippen molar-refractivity contribution >= 4 is 11.5 Å². The normalized spacial score (nSPS) is 18.2. The third-order valence-corrected chi connectivity index (χ3v) is 2.43. The van der Waals surface area contributed by atoms with Gasteiger partial charge in [-0.2, -0.15) is 0 Å². The minimum absolute atomic E-state index is 0.470. The maximum Gasteiger partial charge on any atom is 0.152 e. The van der Waals surface area contributed by atoms with Crippen LogP contribution in [0.15, 0.2) is 12.5 Å². The van der Waals surface area contributed by atoms with E-state index in [0.717, 1.165) is 11.7 Å². The van der Waals surface area contributed by atoms with Crippen LogP contribution >= 0.6 is 0 Å². The third-order valence-electron chi connectivity index (χ3n) is 2.43. The van der Waals surface area contributed by atoms with Crippen molar-refractivity contribution < 1.29 is 0 Å². The molecule has 0 aromatic carbocycles. The minimum atomic E-state index is 0.470. The molecule has 1 aliphatic carbocycles. The molecule has 0 bridgehead atoms. The van der Waals surface area contributed by atoms with Crippen LogP contribution in [0.3, 0.4) is 0 Å². The predicted octanol–water partition coefficient (Wildman–Crippen LogP) is 1.27. The molecule has 0 saturated heterocycles. The molecular weight excluding hydrogens is 164 g/mol. The van der Waals surface area contributed by atoms with E-state index in [9.17, 15) is 0 Å². The number of nitrogens with zero attached hydrogens (tertiary/aromatic N) is 2. The summed E-state index contributed by atoms with van der Waals surface area (Å²) in [5.74, 6) is 1.56. The molecule has 4 heteroatoms. The Morgan fingerprint density at radius 3 is 3.00 bits per heavy atom. The Balaban J connectivity index is 2.03. The lowest BCUT2D eigenvalue weighted by atomic mass is 10.2. The molecule has 1 unspecified atom stereocenters. The Morgan fingerprint density at radius 1 is 1.62 bits per heavy atom. The van der Waals surface area contributed by atoms with Gasteiger partial charge in [-0.15, -0.1) is 0 Å². The van der Waals surface area contributed by atoms with Gasteiger partial charge in [0, 0.05) is 6.04 Å². The highest BCUT2D eigenvalue weighted by atomic mass is 15.1. The largest absolute Gasteiger partial charge is 0.394 e. The predicted molar refractivity (Wildman–Crippen MR) is 52.3 cm³/mol. The molecule has 0 aliphatic heterocycles. The second kappa shape index (κ2) is 3.20. The number of hydrogen-bond acceptors (Lipinski definition) is 4. The summed E-state index contributed by atoms with van der Waals surface area (Å²) in [4.78, 5) is 7.92. The molecule has 1 aromatic heterocycles. The molecule has 2 rings (SSSR count). The van der Waals surface area contributed by atoms with E-state index in [0.29, 0.717) is 11.7 Å². The van der Waals surface area contributed by atoms with Crippen LogP contribution in [0.2, 0.25) is 0 Å². The summed E-state index contributed by atoms with van der Waals surface area (Å²) in [6, 6.07) is 0.470. The molecule has 1 heterocycles. The van der Waals surface area contributed by atoms with Gasteiger partial charge in [0.15, 0.2) is 5.82 Å². The van der Waals surface area contributed by atoms with Gasteiger partial charge in [-0.3, -0.25) is 0 Å². The van der Waals surface area contributed by atoms with Crippen LogP contribution in [0, 0.1) is 5.92 Å². The van der Waals surface area contributed by atoms with Crippen molar-refractivity contribution in [2.24, 2.45) is 5.92 Å². The summed E-state index contributed by atoms with van der Waals surface area (Å²) in [5, 5.41) is 3.30. The van der Waals surface area contributed by atoms with Crippen LogP contribution in [0.4, 0.5) is 11.5 Å². The van der Waals surface area contributed by atoms with Crippen molar-refractivity contribution in [1.29, 1.82) is 0 Å². The van der Waals surface area contributed by atoms with Crippen molar-refractivity contribution in [3.63, 3.8) is 0 Å². The first-order valence-electron chi connectivity index (χ1n) is 4.59. The van der Waals surface area contributed by atoms with Gasteiger partial charge < -0.3 is 11.1 Å². The van der Waals surface area contributed by atoms with E-state index in [1.165, 1.54) is 19.2 Å². The zero-order valence-corrected chi connectivity index (χ0v) is 7.70. The summed E-state index contributed by atoms with van der Waals surface area (Å²) in [5.41, 5.74) is 6.32. The molecule has 4 nitrogen and oxygen atoms in total. The lowest BCUT2D eigenvalue weighted by molar-refractivity contribution is 0.690. The number of nitrogen functional groups attached to an aromatic ring is 1. The van der Waals surface area contributed by atoms with Gasteiger partial charge in [0.2, 0.25) is 0 Å². The van der Waals surface area contributed by atoms with Gasteiger partial charge in [0.25, 0.3) is 0 Å². The summed E-state index contributed by atoms with van der Waals surface area (Å²) in [7, 11) is 0. The number of anilines is 2. The number of aromatic nitrogens is 2. The molecule has 1 aliphatic rings. The van der Waals surface area contributed by atoms with E-state index >= 15 is 0 Å². The highest BCUT2D eigenvalue weighted by molar-refractivity contribution is 5.59. The fraction of sp³-hybridized carbons (Fsp3) is 0.556. The monoisotopic (exact) mass is 178 g/mol. The van der Waals surface area contributed by atoms with Crippen LogP contribution in [-0.2, 0) is 0 Å². The second-order valence-corrected chi connectivity index (χ2v) is 3.60. The highest BCUT2D eigenvalue weighted by Crippen LogP contribution is 2.34. The molecule has 13 heavy (non-hydrogen) atoms. The molecule has 0 amide bonds. The summed E-state index contributed by atoms with van der Waals surface area (Å²) >= 11 is 0. The molecular formula is C9H14N4. The van der Waals surface area contributed by atoms with Crippen molar-refractivity contribution in [2.45, 2.75) is 25.8 Å². The molecule has 1 atom stereocenters. The first kappa shape index (κ1) is 8.29. The maximum absolute atomic E-state index is 5.70. The first-order chi connectivity index (χ1) is 6.27. The van der Waals surface area contributed by atoms with Crippen molar-refractivity contribution in [3.05, 3.63) is 12.5 Å². The number of rotatable bonds is 3. The molecule has 1 aromatic rings. The number of nitrogens with one attached hydrogen (secondary N) is 1. The Hall–Kier alpha value is -1.32. The van der Waals surface area contributed by atoms with Crippen molar-refractivity contribution in [2.75, 3.05) is 11.1 Å². The van der Waals surface area contributed by atoms with Gasteiger partial charge in [-0.05, 0) is 25.7 Å². The first-order valence-corrected chi connectivity index (χ1v) is 4.59. The molecule has 70 valence electrons. The van der Waals surface area contributed by atoms with Crippen LogP contribution in [0.25, 0.3) is 0 Å². The molecule has 1 saturated carbocycles. The molecule has 0 radical (unpaired) electrons. The van der Waals surface area contributed by atoms with Gasteiger partial charge in [0.05, 0.1) is 11.9 Å². The highest BCUT2D eigenvalue weighted by Gasteiger charge is 2.28. The topological polar surface area (TPSA) is 63.8 Å². The van der Waals surface area contributed by atoms with Crippen LogP contribution in [0.5, 0.6) is 0 Å². The average Bonchev–Trinajstić information content (AvgIpc) is 2.91. The summed E-state index contributed by atoms with van der Waals surface area (Å²) in [6.07, 6.45) is 5.77.